The summed E-state index contributed by atoms with van der Waals surface area (Å²) in [6, 6.07) is 0.513. The van der Waals surface area contributed by atoms with E-state index in [0.29, 0.717) is 11.9 Å². The first-order valence-electron chi connectivity index (χ1n) is 6.78. The molecule has 4 heteroatoms. The third kappa shape index (κ3) is 3.35. The highest BCUT2D eigenvalue weighted by molar-refractivity contribution is 5.85. The van der Waals surface area contributed by atoms with Gasteiger partial charge in [0.25, 0.3) is 0 Å². The van der Waals surface area contributed by atoms with Crippen LogP contribution in [0.25, 0.3) is 0 Å². The molecule has 0 aromatic heterocycles. The van der Waals surface area contributed by atoms with Gasteiger partial charge in [0, 0.05) is 18.0 Å². The molecule has 0 aromatic rings. The number of hydrogen-bond acceptors (Lipinski definition) is 2. The van der Waals surface area contributed by atoms with Crippen molar-refractivity contribution in [2.45, 2.75) is 57.9 Å². The van der Waals surface area contributed by atoms with Crippen molar-refractivity contribution >= 4 is 18.3 Å². The largest absolute Gasteiger partial charge is 0.354 e. The van der Waals surface area contributed by atoms with E-state index in [4.69, 9.17) is 0 Å². The van der Waals surface area contributed by atoms with Gasteiger partial charge in [0.1, 0.15) is 0 Å². The maximum absolute atomic E-state index is 12.2. The van der Waals surface area contributed by atoms with E-state index < -0.39 is 0 Å². The Bertz CT molecular complexity index is 246. The maximum atomic E-state index is 12.2. The fourth-order valence-electron chi connectivity index (χ4n) is 3.13. The summed E-state index contributed by atoms with van der Waals surface area (Å²) >= 11 is 0. The molecule has 1 unspecified atom stereocenters. The van der Waals surface area contributed by atoms with E-state index in [2.05, 4.69) is 17.6 Å². The first-order valence-corrected chi connectivity index (χ1v) is 6.78. The number of halogens is 1. The van der Waals surface area contributed by atoms with Gasteiger partial charge in [-0.15, -0.1) is 12.4 Å². The van der Waals surface area contributed by atoms with Crippen molar-refractivity contribution in [2.75, 3.05) is 13.1 Å². The van der Waals surface area contributed by atoms with Gasteiger partial charge in [-0.05, 0) is 38.6 Å². The summed E-state index contributed by atoms with van der Waals surface area (Å²) in [6.45, 7) is 4.08. The molecule has 0 aromatic carbocycles. The second-order valence-electron chi connectivity index (χ2n) is 5.34. The standard InChI is InChI=1S/C13H24N2O.ClH/c1-2-13(7-3-4-8-13)12(16)15-10-11-6-5-9-14-11;/h11,14H,2-10H2,1H3,(H,15,16);1H. The molecule has 100 valence electrons. The zero-order valence-corrected chi connectivity index (χ0v) is 11.6. The Hall–Kier alpha value is -0.280. The Morgan fingerprint density at radius 2 is 2.06 bits per heavy atom. The first kappa shape index (κ1) is 14.8. The van der Waals surface area contributed by atoms with Crippen molar-refractivity contribution in [1.82, 2.24) is 10.6 Å². The van der Waals surface area contributed by atoms with Gasteiger partial charge in [-0.1, -0.05) is 19.8 Å². The number of hydrogen-bond donors (Lipinski definition) is 2. The zero-order chi connectivity index (χ0) is 11.4. The molecule has 1 amide bonds. The lowest BCUT2D eigenvalue weighted by molar-refractivity contribution is -0.131. The third-order valence-corrected chi connectivity index (χ3v) is 4.39. The summed E-state index contributed by atoms with van der Waals surface area (Å²) in [7, 11) is 0. The van der Waals surface area contributed by atoms with E-state index in [1.54, 1.807) is 0 Å². The van der Waals surface area contributed by atoms with Crippen molar-refractivity contribution in [3.8, 4) is 0 Å². The molecule has 1 aliphatic heterocycles. The molecular weight excluding hydrogens is 236 g/mol. The van der Waals surface area contributed by atoms with Crippen LogP contribution in [0.1, 0.15) is 51.9 Å². The molecule has 2 N–H and O–H groups in total. The smallest absolute Gasteiger partial charge is 0.226 e. The average molecular weight is 261 g/mol. The topological polar surface area (TPSA) is 41.1 Å². The van der Waals surface area contributed by atoms with Crippen LogP contribution in [0.5, 0.6) is 0 Å². The van der Waals surface area contributed by atoms with Gasteiger partial charge in [-0.25, -0.2) is 0 Å². The number of carbonyl (C=O) groups excluding carboxylic acids is 1. The van der Waals surface area contributed by atoms with Crippen LogP contribution in [0.3, 0.4) is 0 Å². The third-order valence-electron chi connectivity index (χ3n) is 4.39. The minimum Gasteiger partial charge on any atom is -0.354 e. The Morgan fingerprint density at radius 3 is 2.59 bits per heavy atom. The number of rotatable bonds is 4. The fraction of sp³-hybridized carbons (Fsp3) is 0.923. The van der Waals surface area contributed by atoms with Crippen LogP contribution in [0, 0.1) is 5.41 Å². The van der Waals surface area contributed by atoms with Crippen LogP contribution >= 0.6 is 12.4 Å². The summed E-state index contributed by atoms with van der Waals surface area (Å²) in [4.78, 5) is 12.2. The van der Waals surface area contributed by atoms with E-state index in [9.17, 15) is 4.79 Å². The van der Waals surface area contributed by atoms with Crippen molar-refractivity contribution < 1.29 is 4.79 Å². The molecule has 1 saturated heterocycles. The molecule has 1 aliphatic carbocycles. The van der Waals surface area contributed by atoms with Crippen LogP contribution in [-0.2, 0) is 4.79 Å². The van der Waals surface area contributed by atoms with E-state index in [1.165, 1.54) is 25.7 Å². The molecule has 0 radical (unpaired) electrons. The molecule has 2 fully saturated rings. The highest BCUT2D eigenvalue weighted by Crippen LogP contribution is 2.41. The summed E-state index contributed by atoms with van der Waals surface area (Å²) in [5.74, 6) is 0.307. The molecule has 0 spiro atoms. The lowest BCUT2D eigenvalue weighted by atomic mass is 9.82. The Balaban J connectivity index is 0.00000144. The van der Waals surface area contributed by atoms with Gasteiger partial charge in [0.05, 0.1) is 0 Å². The highest BCUT2D eigenvalue weighted by Gasteiger charge is 2.39. The van der Waals surface area contributed by atoms with Crippen molar-refractivity contribution in [1.29, 1.82) is 0 Å². The van der Waals surface area contributed by atoms with Gasteiger partial charge in [-0.2, -0.15) is 0 Å². The lowest BCUT2D eigenvalue weighted by Gasteiger charge is -2.26. The summed E-state index contributed by atoms with van der Waals surface area (Å²) < 4.78 is 0. The molecule has 3 nitrogen and oxygen atoms in total. The van der Waals surface area contributed by atoms with E-state index >= 15 is 0 Å². The molecule has 1 heterocycles. The lowest BCUT2D eigenvalue weighted by Crippen LogP contribution is -2.44. The molecule has 2 rings (SSSR count). The number of nitrogens with one attached hydrogen (secondary N) is 2. The maximum Gasteiger partial charge on any atom is 0.226 e. The Kier molecular flexibility index (Phi) is 5.74. The highest BCUT2D eigenvalue weighted by atomic mass is 35.5. The Labute approximate surface area is 111 Å². The molecular formula is C13H25ClN2O. The van der Waals surface area contributed by atoms with Crippen LogP contribution in [-0.4, -0.2) is 25.0 Å². The van der Waals surface area contributed by atoms with E-state index in [0.717, 1.165) is 32.4 Å². The quantitative estimate of drug-likeness (QED) is 0.814. The minimum absolute atomic E-state index is 0. The van der Waals surface area contributed by atoms with Crippen molar-refractivity contribution in [2.24, 2.45) is 5.41 Å². The molecule has 1 atom stereocenters. The molecule has 17 heavy (non-hydrogen) atoms. The summed E-state index contributed by atoms with van der Waals surface area (Å²) in [6.07, 6.45) is 8.09. The summed E-state index contributed by atoms with van der Waals surface area (Å²) in [5.41, 5.74) is -0.0292. The van der Waals surface area contributed by atoms with Gasteiger partial charge in [-0.3, -0.25) is 4.79 Å². The second kappa shape index (κ2) is 6.60. The van der Waals surface area contributed by atoms with Crippen LogP contribution in [0.15, 0.2) is 0 Å². The monoisotopic (exact) mass is 260 g/mol. The number of amides is 1. The molecule has 0 bridgehead atoms. The van der Waals surface area contributed by atoms with Gasteiger partial charge in [0.15, 0.2) is 0 Å². The second-order valence-corrected chi connectivity index (χ2v) is 5.34. The zero-order valence-electron chi connectivity index (χ0n) is 10.8. The average Bonchev–Trinajstić information content (AvgIpc) is 2.97. The normalized spacial score (nSPS) is 26.5. The van der Waals surface area contributed by atoms with E-state index in [-0.39, 0.29) is 17.8 Å². The van der Waals surface area contributed by atoms with Gasteiger partial charge < -0.3 is 10.6 Å². The molecule has 2 aliphatic rings. The predicted molar refractivity (Wildman–Crippen MR) is 72.5 cm³/mol. The first-order chi connectivity index (χ1) is 7.77. The van der Waals surface area contributed by atoms with Crippen molar-refractivity contribution in [3.05, 3.63) is 0 Å². The van der Waals surface area contributed by atoms with E-state index in [1.807, 2.05) is 0 Å². The summed E-state index contributed by atoms with van der Waals surface area (Å²) in [5, 5.41) is 6.58. The fourth-order valence-corrected chi connectivity index (χ4v) is 3.13. The van der Waals surface area contributed by atoms with Crippen molar-refractivity contribution in [3.63, 3.8) is 0 Å². The molecule has 1 saturated carbocycles. The Morgan fingerprint density at radius 1 is 1.35 bits per heavy atom. The van der Waals surface area contributed by atoms with Gasteiger partial charge in [0.2, 0.25) is 5.91 Å². The van der Waals surface area contributed by atoms with Crippen LogP contribution < -0.4 is 10.6 Å². The van der Waals surface area contributed by atoms with Crippen LogP contribution in [0.2, 0.25) is 0 Å². The van der Waals surface area contributed by atoms with Gasteiger partial charge >= 0.3 is 0 Å². The van der Waals surface area contributed by atoms with Crippen LogP contribution in [0.4, 0.5) is 0 Å². The SMILES string of the molecule is CCC1(C(=O)NCC2CCCN2)CCCC1.Cl. The predicted octanol–water partition coefficient (Wildman–Crippen LogP) is 2.25. The number of carbonyl (C=O) groups is 1. The minimum atomic E-state index is -0.0292.